The van der Waals surface area contributed by atoms with Gasteiger partial charge in [-0.15, -0.1) is 0 Å². The number of nitrogens with one attached hydrogen (secondary N) is 2. The fraction of sp³-hybridized carbons (Fsp3) is 0.857. The number of hydrogen-bond donors (Lipinski definition) is 2. The Labute approximate surface area is 117 Å². The van der Waals surface area contributed by atoms with Crippen LogP contribution in [0.3, 0.4) is 0 Å². The minimum atomic E-state index is 0.370. The topological polar surface area (TPSA) is 36.4 Å². The third-order valence-electron chi connectivity index (χ3n) is 3.30. The summed E-state index contributed by atoms with van der Waals surface area (Å²) in [6.45, 7) is 10.0. The molecule has 1 aliphatic rings. The molecule has 0 bridgehead atoms. The Kier molecular flexibility index (Phi) is 6.06. The Morgan fingerprint density at radius 3 is 2.83 bits per heavy atom. The van der Waals surface area contributed by atoms with Crippen molar-refractivity contribution in [3.63, 3.8) is 0 Å². The van der Waals surface area contributed by atoms with Gasteiger partial charge in [0.15, 0.2) is 5.11 Å². The van der Waals surface area contributed by atoms with Gasteiger partial charge >= 0.3 is 0 Å². The van der Waals surface area contributed by atoms with Crippen LogP contribution in [0.15, 0.2) is 5.10 Å². The number of hydrogen-bond acceptors (Lipinski definition) is 2. The van der Waals surface area contributed by atoms with Gasteiger partial charge < -0.3 is 5.32 Å². The number of thiocarbonyl (C=S) groups is 1. The maximum absolute atomic E-state index is 5.19. The quantitative estimate of drug-likeness (QED) is 0.466. The molecule has 0 heterocycles. The number of rotatable bonds is 4. The standard InChI is InChI=1S/C14H27N3S/c1-5-6-7-15-13(18)17-16-12-8-11(2)9-14(3,4)10-12/h11H,5-10H2,1-4H3,(H2,15,17,18)/t11-/m1/s1. The Bertz CT molecular complexity index is 310. The van der Waals surface area contributed by atoms with Gasteiger partial charge in [0.25, 0.3) is 0 Å². The van der Waals surface area contributed by atoms with Crippen LogP contribution >= 0.6 is 12.2 Å². The molecular weight excluding hydrogens is 242 g/mol. The van der Waals surface area contributed by atoms with Gasteiger partial charge in [0, 0.05) is 12.3 Å². The fourth-order valence-corrected chi connectivity index (χ4v) is 2.90. The van der Waals surface area contributed by atoms with Crippen LogP contribution in [-0.2, 0) is 0 Å². The zero-order valence-corrected chi connectivity index (χ0v) is 13.0. The summed E-state index contributed by atoms with van der Waals surface area (Å²) in [5.41, 5.74) is 4.60. The van der Waals surface area contributed by atoms with Gasteiger partial charge in [-0.05, 0) is 49.2 Å². The van der Waals surface area contributed by atoms with Crippen molar-refractivity contribution < 1.29 is 0 Å². The first-order valence-electron chi connectivity index (χ1n) is 7.02. The van der Waals surface area contributed by atoms with Crippen molar-refractivity contribution in [2.45, 2.75) is 59.8 Å². The van der Waals surface area contributed by atoms with Gasteiger partial charge in [-0.3, -0.25) is 5.43 Å². The van der Waals surface area contributed by atoms with Gasteiger partial charge in [-0.2, -0.15) is 5.10 Å². The second-order valence-electron chi connectivity index (χ2n) is 6.25. The SMILES string of the molecule is CCCCNC(=S)NN=C1C[C@@H](C)CC(C)(C)C1. The molecule has 3 nitrogen and oxygen atoms in total. The van der Waals surface area contributed by atoms with Crippen LogP contribution in [-0.4, -0.2) is 17.4 Å². The third kappa shape index (κ3) is 5.80. The van der Waals surface area contributed by atoms with Gasteiger partial charge in [0.2, 0.25) is 0 Å². The smallest absolute Gasteiger partial charge is 0.186 e. The van der Waals surface area contributed by atoms with E-state index in [-0.39, 0.29) is 0 Å². The van der Waals surface area contributed by atoms with Crippen molar-refractivity contribution >= 4 is 23.0 Å². The highest BCUT2D eigenvalue weighted by molar-refractivity contribution is 7.80. The van der Waals surface area contributed by atoms with Crippen LogP contribution in [0, 0.1) is 11.3 Å². The van der Waals surface area contributed by atoms with E-state index in [2.05, 4.69) is 43.5 Å². The average molecular weight is 269 g/mol. The molecule has 0 amide bonds. The molecule has 2 N–H and O–H groups in total. The van der Waals surface area contributed by atoms with E-state index in [1.54, 1.807) is 0 Å². The first kappa shape index (κ1) is 15.4. The van der Waals surface area contributed by atoms with E-state index in [4.69, 9.17) is 12.2 Å². The van der Waals surface area contributed by atoms with Crippen LogP contribution in [0.1, 0.15) is 59.8 Å². The summed E-state index contributed by atoms with van der Waals surface area (Å²) in [6.07, 6.45) is 5.76. The molecule has 0 aromatic heterocycles. The van der Waals surface area contributed by atoms with Gasteiger partial charge in [-0.25, -0.2) is 0 Å². The second-order valence-corrected chi connectivity index (χ2v) is 6.66. The molecule has 0 aromatic rings. The predicted octanol–water partition coefficient (Wildman–Crippen LogP) is 3.45. The predicted molar refractivity (Wildman–Crippen MR) is 82.9 cm³/mol. The molecule has 0 aromatic carbocycles. The van der Waals surface area contributed by atoms with Gasteiger partial charge in [0.1, 0.15) is 0 Å². The van der Waals surface area contributed by atoms with Crippen molar-refractivity contribution in [2.24, 2.45) is 16.4 Å². The molecule has 0 radical (unpaired) electrons. The molecule has 1 aliphatic carbocycles. The first-order chi connectivity index (χ1) is 8.43. The van der Waals surface area contributed by atoms with Crippen LogP contribution in [0.2, 0.25) is 0 Å². The lowest BCUT2D eigenvalue weighted by molar-refractivity contribution is 0.265. The van der Waals surface area contributed by atoms with Crippen LogP contribution in [0.25, 0.3) is 0 Å². The number of nitrogens with zero attached hydrogens (tertiary/aromatic N) is 1. The lowest BCUT2D eigenvalue weighted by Crippen LogP contribution is -2.35. The zero-order chi connectivity index (χ0) is 13.6. The van der Waals surface area contributed by atoms with Crippen molar-refractivity contribution in [1.29, 1.82) is 0 Å². The Hall–Kier alpha value is -0.640. The number of unbranched alkanes of at least 4 members (excludes halogenated alkanes) is 1. The van der Waals surface area contributed by atoms with E-state index in [0.29, 0.717) is 10.5 Å². The Balaban J connectivity index is 2.39. The summed E-state index contributed by atoms with van der Waals surface area (Å²) in [6, 6.07) is 0. The Morgan fingerprint density at radius 1 is 1.50 bits per heavy atom. The highest BCUT2D eigenvalue weighted by Crippen LogP contribution is 2.36. The Morgan fingerprint density at radius 2 is 2.22 bits per heavy atom. The van der Waals surface area contributed by atoms with E-state index in [0.717, 1.165) is 31.7 Å². The van der Waals surface area contributed by atoms with Gasteiger partial charge in [-0.1, -0.05) is 34.1 Å². The molecule has 0 spiro atoms. The van der Waals surface area contributed by atoms with Crippen molar-refractivity contribution in [1.82, 2.24) is 10.7 Å². The molecule has 1 saturated carbocycles. The zero-order valence-electron chi connectivity index (χ0n) is 12.2. The van der Waals surface area contributed by atoms with Gasteiger partial charge in [0.05, 0.1) is 0 Å². The van der Waals surface area contributed by atoms with Crippen LogP contribution < -0.4 is 10.7 Å². The summed E-state index contributed by atoms with van der Waals surface area (Å²) in [7, 11) is 0. The van der Waals surface area contributed by atoms with Crippen molar-refractivity contribution in [3.05, 3.63) is 0 Å². The largest absolute Gasteiger partial charge is 0.361 e. The summed E-state index contributed by atoms with van der Waals surface area (Å²) < 4.78 is 0. The van der Waals surface area contributed by atoms with E-state index >= 15 is 0 Å². The average Bonchev–Trinajstić information content (AvgIpc) is 2.24. The summed E-state index contributed by atoms with van der Waals surface area (Å²) in [4.78, 5) is 0. The summed E-state index contributed by atoms with van der Waals surface area (Å²) in [5.74, 6) is 0.718. The summed E-state index contributed by atoms with van der Waals surface area (Å²) >= 11 is 5.19. The molecule has 0 aliphatic heterocycles. The molecule has 1 atom stereocenters. The lowest BCUT2D eigenvalue weighted by Gasteiger charge is -2.34. The van der Waals surface area contributed by atoms with Crippen LogP contribution in [0.5, 0.6) is 0 Å². The minimum Gasteiger partial charge on any atom is -0.361 e. The molecule has 18 heavy (non-hydrogen) atoms. The van der Waals surface area contributed by atoms with E-state index in [1.807, 2.05) is 0 Å². The highest BCUT2D eigenvalue weighted by atomic mass is 32.1. The fourth-order valence-electron chi connectivity index (χ4n) is 2.75. The van der Waals surface area contributed by atoms with E-state index < -0.39 is 0 Å². The molecule has 104 valence electrons. The monoisotopic (exact) mass is 269 g/mol. The minimum absolute atomic E-state index is 0.370. The van der Waals surface area contributed by atoms with E-state index in [9.17, 15) is 0 Å². The maximum Gasteiger partial charge on any atom is 0.186 e. The molecule has 0 saturated heterocycles. The summed E-state index contributed by atoms with van der Waals surface area (Å²) in [5, 5.41) is 8.28. The molecule has 1 fully saturated rings. The van der Waals surface area contributed by atoms with Crippen molar-refractivity contribution in [2.75, 3.05) is 6.54 Å². The lowest BCUT2D eigenvalue weighted by atomic mass is 9.72. The maximum atomic E-state index is 5.19. The normalized spacial score (nSPS) is 24.9. The highest BCUT2D eigenvalue weighted by Gasteiger charge is 2.29. The molecule has 0 unspecified atom stereocenters. The van der Waals surface area contributed by atoms with Crippen molar-refractivity contribution in [3.8, 4) is 0 Å². The molecular formula is C14H27N3S. The number of hydrazone groups is 1. The van der Waals surface area contributed by atoms with Crippen LogP contribution in [0.4, 0.5) is 0 Å². The van der Waals surface area contributed by atoms with E-state index in [1.165, 1.54) is 18.6 Å². The second kappa shape index (κ2) is 7.07. The first-order valence-corrected chi connectivity index (χ1v) is 7.43. The molecule has 4 heteroatoms. The molecule has 1 rings (SSSR count). The third-order valence-corrected chi connectivity index (χ3v) is 3.53.